The van der Waals surface area contributed by atoms with Crippen LogP contribution >= 0.6 is 0 Å². The molecule has 6 nitrogen and oxygen atoms in total. The molecule has 0 bridgehead atoms. The van der Waals surface area contributed by atoms with Crippen LogP contribution in [0.3, 0.4) is 0 Å². The lowest BCUT2D eigenvalue weighted by Crippen LogP contribution is -2.37. The number of nitrogens with zero attached hydrogens (tertiary/aromatic N) is 3. The monoisotopic (exact) mass is 293 g/mol. The standard InChI is InChI=1S/C15H23N3O3/c1-11-4-6-17(7-5-11)12-8-13(19)18(16-9-12)10-15(2,3)14(20)21/h8-9,11H,4-7,10H2,1-3H3,(H,20,21). The van der Waals surface area contributed by atoms with Crippen LogP contribution in [0.25, 0.3) is 0 Å². The Bertz CT molecular complexity index is 572. The number of carbonyl (C=O) groups is 1. The van der Waals surface area contributed by atoms with Gasteiger partial charge in [-0.2, -0.15) is 5.10 Å². The summed E-state index contributed by atoms with van der Waals surface area (Å²) in [7, 11) is 0. The van der Waals surface area contributed by atoms with Crippen LogP contribution in [0.1, 0.15) is 33.6 Å². The zero-order valence-electron chi connectivity index (χ0n) is 12.9. The van der Waals surface area contributed by atoms with Crippen molar-refractivity contribution in [2.45, 2.75) is 40.2 Å². The zero-order chi connectivity index (χ0) is 15.6. The van der Waals surface area contributed by atoms with Crippen molar-refractivity contribution >= 4 is 11.7 Å². The second-order valence-corrected chi connectivity index (χ2v) is 6.57. The molecular weight excluding hydrogens is 270 g/mol. The molecule has 1 aromatic rings. The van der Waals surface area contributed by atoms with Crippen LogP contribution in [0, 0.1) is 11.3 Å². The van der Waals surface area contributed by atoms with Crippen molar-refractivity contribution in [1.29, 1.82) is 0 Å². The topological polar surface area (TPSA) is 75.4 Å². The summed E-state index contributed by atoms with van der Waals surface area (Å²) >= 11 is 0. The predicted molar refractivity (Wildman–Crippen MR) is 80.5 cm³/mol. The molecule has 1 aliphatic heterocycles. The van der Waals surface area contributed by atoms with Gasteiger partial charge in [0.25, 0.3) is 5.56 Å². The van der Waals surface area contributed by atoms with Crippen molar-refractivity contribution in [3.63, 3.8) is 0 Å². The van der Waals surface area contributed by atoms with E-state index in [0.29, 0.717) is 0 Å². The van der Waals surface area contributed by atoms with Crippen LogP contribution in [-0.2, 0) is 11.3 Å². The third-order valence-electron chi connectivity index (χ3n) is 4.13. The van der Waals surface area contributed by atoms with Crippen LogP contribution in [0.15, 0.2) is 17.1 Å². The molecule has 1 saturated heterocycles. The number of aromatic nitrogens is 2. The summed E-state index contributed by atoms with van der Waals surface area (Å²) < 4.78 is 1.23. The lowest BCUT2D eigenvalue weighted by atomic mass is 9.94. The third-order valence-corrected chi connectivity index (χ3v) is 4.13. The van der Waals surface area contributed by atoms with Crippen LogP contribution < -0.4 is 10.5 Å². The average molecular weight is 293 g/mol. The van der Waals surface area contributed by atoms with E-state index in [4.69, 9.17) is 5.11 Å². The Balaban J connectivity index is 2.15. The molecule has 21 heavy (non-hydrogen) atoms. The van der Waals surface area contributed by atoms with E-state index in [1.54, 1.807) is 26.1 Å². The Morgan fingerprint density at radius 3 is 2.57 bits per heavy atom. The van der Waals surface area contributed by atoms with E-state index in [2.05, 4.69) is 16.9 Å². The molecule has 1 aromatic heterocycles. The second-order valence-electron chi connectivity index (χ2n) is 6.57. The zero-order valence-corrected chi connectivity index (χ0v) is 12.9. The van der Waals surface area contributed by atoms with Crippen molar-refractivity contribution in [3.8, 4) is 0 Å². The largest absolute Gasteiger partial charge is 0.481 e. The summed E-state index contributed by atoms with van der Waals surface area (Å²) in [6.07, 6.45) is 3.90. The fourth-order valence-corrected chi connectivity index (χ4v) is 2.42. The number of rotatable bonds is 4. The normalized spacial score (nSPS) is 17.0. The quantitative estimate of drug-likeness (QED) is 0.912. The van der Waals surface area contributed by atoms with Gasteiger partial charge in [-0.1, -0.05) is 6.92 Å². The van der Waals surface area contributed by atoms with Crippen LogP contribution in [0.4, 0.5) is 5.69 Å². The Labute approximate surface area is 124 Å². The molecule has 1 aliphatic rings. The maximum Gasteiger partial charge on any atom is 0.310 e. The smallest absolute Gasteiger partial charge is 0.310 e. The van der Waals surface area contributed by atoms with Gasteiger partial charge in [0.2, 0.25) is 0 Å². The number of piperidine rings is 1. The molecule has 0 atom stereocenters. The number of carboxylic acid groups (broad SMARTS) is 1. The Morgan fingerprint density at radius 2 is 2.05 bits per heavy atom. The van der Waals surface area contributed by atoms with Crippen molar-refractivity contribution < 1.29 is 9.90 Å². The summed E-state index contributed by atoms with van der Waals surface area (Å²) in [5.74, 6) is -0.212. The highest BCUT2D eigenvalue weighted by molar-refractivity contribution is 5.73. The summed E-state index contributed by atoms with van der Waals surface area (Å²) in [4.78, 5) is 25.4. The van der Waals surface area contributed by atoms with E-state index >= 15 is 0 Å². The Morgan fingerprint density at radius 1 is 1.43 bits per heavy atom. The fraction of sp³-hybridized carbons (Fsp3) is 0.667. The third kappa shape index (κ3) is 3.62. The number of carboxylic acids is 1. The van der Waals surface area contributed by atoms with Gasteiger partial charge in [-0.05, 0) is 32.6 Å². The Kier molecular flexibility index (Phi) is 4.34. The maximum atomic E-state index is 12.1. The van der Waals surface area contributed by atoms with E-state index in [-0.39, 0.29) is 12.1 Å². The van der Waals surface area contributed by atoms with E-state index in [0.717, 1.165) is 37.5 Å². The molecular formula is C15H23N3O3. The van der Waals surface area contributed by atoms with E-state index < -0.39 is 11.4 Å². The van der Waals surface area contributed by atoms with Gasteiger partial charge in [0, 0.05) is 19.2 Å². The highest BCUT2D eigenvalue weighted by Gasteiger charge is 2.28. The SMILES string of the molecule is CC1CCN(c2cnn(CC(C)(C)C(=O)O)c(=O)c2)CC1. The van der Waals surface area contributed by atoms with Gasteiger partial charge in [-0.3, -0.25) is 9.59 Å². The van der Waals surface area contributed by atoms with Crippen molar-refractivity contribution in [3.05, 3.63) is 22.6 Å². The molecule has 0 amide bonds. The molecule has 1 fully saturated rings. The molecule has 0 aromatic carbocycles. The average Bonchev–Trinajstić information content (AvgIpc) is 2.41. The molecule has 0 saturated carbocycles. The second kappa shape index (κ2) is 5.87. The van der Waals surface area contributed by atoms with Crippen molar-refractivity contribution in [2.24, 2.45) is 11.3 Å². The van der Waals surface area contributed by atoms with E-state index in [1.807, 2.05) is 0 Å². The van der Waals surface area contributed by atoms with E-state index in [9.17, 15) is 9.59 Å². The number of hydrogen-bond acceptors (Lipinski definition) is 4. The van der Waals surface area contributed by atoms with Crippen LogP contribution in [0.2, 0.25) is 0 Å². The highest BCUT2D eigenvalue weighted by Crippen LogP contribution is 2.21. The van der Waals surface area contributed by atoms with Gasteiger partial charge in [0.1, 0.15) is 0 Å². The predicted octanol–water partition coefficient (Wildman–Crippen LogP) is 1.59. The number of hydrogen-bond donors (Lipinski definition) is 1. The van der Waals surface area contributed by atoms with Crippen LogP contribution in [-0.4, -0.2) is 33.9 Å². The number of anilines is 1. The first-order valence-electron chi connectivity index (χ1n) is 7.35. The van der Waals surface area contributed by atoms with Gasteiger partial charge < -0.3 is 10.0 Å². The minimum atomic E-state index is -1.01. The highest BCUT2D eigenvalue weighted by atomic mass is 16.4. The molecule has 2 heterocycles. The summed E-state index contributed by atoms with van der Waals surface area (Å²) in [6, 6.07) is 1.56. The number of aliphatic carboxylic acids is 1. The summed E-state index contributed by atoms with van der Waals surface area (Å²) in [5, 5.41) is 13.3. The van der Waals surface area contributed by atoms with Gasteiger partial charge in [0.05, 0.1) is 23.8 Å². The lowest BCUT2D eigenvalue weighted by Gasteiger charge is -2.31. The van der Waals surface area contributed by atoms with Gasteiger partial charge in [0.15, 0.2) is 0 Å². The molecule has 0 radical (unpaired) electrons. The van der Waals surface area contributed by atoms with Gasteiger partial charge in [-0.15, -0.1) is 0 Å². The molecule has 2 rings (SSSR count). The van der Waals surface area contributed by atoms with E-state index in [1.165, 1.54) is 4.68 Å². The lowest BCUT2D eigenvalue weighted by molar-refractivity contribution is -0.147. The van der Waals surface area contributed by atoms with Crippen molar-refractivity contribution in [2.75, 3.05) is 18.0 Å². The van der Waals surface area contributed by atoms with Crippen molar-refractivity contribution in [1.82, 2.24) is 9.78 Å². The first kappa shape index (κ1) is 15.5. The molecule has 0 aliphatic carbocycles. The first-order valence-corrected chi connectivity index (χ1v) is 7.35. The molecule has 6 heteroatoms. The minimum Gasteiger partial charge on any atom is -0.481 e. The fourth-order valence-electron chi connectivity index (χ4n) is 2.42. The summed E-state index contributed by atoms with van der Waals surface area (Å²) in [5.41, 5.74) is -0.435. The molecule has 0 unspecified atom stereocenters. The molecule has 0 spiro atoms. The Hall–Kier alpha value is -1.85. The van der Waals surface area contributed by atoms with Gasteiger partial charge >= 0.3 is 5.97 Å². The first-order chi connectivity index (χ1) is 9.79. The maximum absolute atomic E-state index is 12.1. The summed E-state index contributed by atoms with van der Waals surface area (Å²) in [6.45, 7) is 7.35. The minimum absolute atomic E-state index is 0.0679. The van der Waals surface area contributed by atoms with Gasteiger partial charge in [-0.25, -0.2) is 4.68 Å². The molecule has 1 N–H and O–H groups in total. The van der Waals surface area contributed by atoms with Crippen LogP contribution in [0.5, 0.6) is 0 Å². The molecule has 116 valence electrons.